The van der Waals surface area contributed by atoms with Crippen LogP contribution < -0.4 is 5.32 Å². The Morgan fingerprint density at radius 3 is 2.59 bits per heavy atom. The number of aromatic nitrogens is 1. The van der Waals surface area contributed by atoms with Crippen molar-refractivity contribution in [3.8, 4) is 0 Å². The van der Waals surface area contributed by atoms with Crippen LogP contribution in [0.15, 0.2) is 22.9 Å². The highest BCUT2D eigenvalue weighted by molar-refractivity contribution is 9.10. The van der Waals surface area contributed by atoms with Gasteiger partial charge in [-0.15, -0.1) is 0 Å². The third kappa shape index (κ3) is 2.33. The van der Waals surface area contributed by atoms with Gasteiger partial charge in [-0.25, -0.2) is 4.98 Å². The fourth-order valence-corrected chi connectivity index (χ4v) is 3.46. The van der Waals surface area contributed by atoms with Crippen molar-refractivity contribution in [3.63, 3.8) is 0 Å². The van der Waals surface area contributed by atoms with E-state index in [9.17, 15) is 0 Å². The summed E-state index contributed by atoms with van der Waals surface area (Å²) in [5.74, 6) is 0. The van der Waals surface area contributed by atoms with Gasteiger partial charge in [-0.05, 0) is 60.8 Å². The van der Waals surface area contributed by atoms with E-state index in [1.807, 2.05) is 12.3 Å². The number of hydrogen-bond donors (Lipinski definition) is 1. The van der Waals surface area contributed by atoms with Crippen LogP contribution in [0.1, 0.15) is 25.7 Å². The van der Waals surface area contributed by atoms with Crippen LogP contribution in [-0.2, 0) is 0 Å². The van der Waals surface area contributed by atoms with Gasteiger partial charge in [0.05, 0.1) is 11.9 Å². The average Bonchev–Trinajstić information content (AvgIpc) is 2.55. The molecule has 2 aliphatic heterocycles. The molecule has 92 valence electrons. The summed E-state index contributed by atoms with van der Waals surface area (Å²) in [5, 5.41) is 3.62. The minimum Gasteiger partial charge on any atom is -0.381 e. The van der Waals surface area contributed by atoms with Gasteiger partial charge < -0.3 is 10.2 Å². The predicted molar refractivity (Wildman–Crippen MR) is 73.2 cm³/mol. The highest BCUT2D eigenvalue weighted by Gasteiger charge is 2.38. The number of pyridine rings is 1. The van der Waals surface area contributed by atoms with Gasteiger partial charge in [0.15, 0.2) is 0 Å². The first-order chi connectivity index (χ1) is 8.22. The Morgan fingerprint density at radius 1 is 1.29 bits per heavy atom. The first-order valence-electron chi connectivity index (χ1n) is 6.32. The molecular formula is C13H18BrN3. The van der Waals surface area contributed by atoms with Crippen molar-refractivity contribution in [2.75, 3.05) is 12.4 Å². The zero-order valence-corrected chi connectivity index (χ0v) is 11.7. The molecule has 2 saturated heterocycles. The standard InChI is InChI=1S/C13H18BrN3/c1-17-11-3-4-12(17)7-10(6-11)16-9-2-5-13(14)15-8-9/h2,5,8,10-12,16H,3-4,6-7H2,1H3. The second-order valence-electron chi connectivity index (χ2n) is 5.23. The molecule has 0 amide bonds. The van der Waals surface area contributed by atoms with E-state index in [4.69, 9.17) is 0 Å². The summed E-state index contributed by atoms with van der Waals surface area (Å²) in [7, 11) is 2.28. The SMILES string of the molecule is CN1C2CCC1CC(Nc1ccc(Br)nc1)C2. The summed E-state index contributed by atoms with van der Waals surface area (Å²) in [4.78, 5) is 6.82. The van der Waals surface area contributed by atoms with E-state index in [2.05, 4.69) is 44.2 Å². The number of anilines is 1. The second kappa shape index (κ2) is 4.58. The van der Waals surface area contributed by atoms with Crippen molar-refractivity contribution in [1.82, 2.24) is 9.88 Å². The normalized spacial score (nSPS) is 32.7. The lowest BCUT2D eigenvalue weighted by Crippen LogP contribution is -2.44. The molecular weight excluding hydrogens is 278 g/mol. The first-order valence-corrected chi connectivity index (χ1v) is 7.11. The largest absolute Gasteiger partial charge is 0.381 e. The lowest BCUT2D eigenvalue weighted by atomic mass is 9.98. The molecule has 0 aliphatic carbocycles. The molecule has 2 bridgehead atoms. The lowest BCUT2D eigenvalue weighted by molar-refractivity contribution is 0.169. The quantitative estimate of drug-likeness (QED) is 0.851. The third-order valence-electron chi connectivity index (χ3n) is 4.20. The van der Waals surface area contributed by atoms with Crippen molar-refractivity contribution >= 4 is 21.6 Å². The predicted octanol–water partition coefficient (Wildman–Crippen LogP) is 2.88. The van der Waals surface area contributed by atoms with E-state index < -0.39 is 0 Å². The zero-order chi connectivity index (χ0) is 11.8. The molecule has 3 heterocycles. The molecule has 0 spiro atoms. The van der Waals surface area contributed by atoms with Crippen LogP contribution in [0.3, 0.4) is 0 Å². The Bertz CT molecular complexity index is 378. The highest BCUT2D eigenvalue weighted by Crippen LogP contribution is 2.35. The van der Waals surface area contributed by atoms with Gasteiger partial charge in [0, 0.05) is 18.1 Å². The zero-order valence-electron chi connectivity index (χ0n) is 10.1. The second-order valence-corrected chi connectivity index (χ2v) is 6.05. The van der Waals surface area contributed by atoms with E-state index in [1.165, 1.54) is 25.7 Å². The molecule has 1 aromatic rings. The molecule has 1 aromatic heterocycles. The molecule has 3 rings (SSSR count). The van der Waals surface area contributed by atoms with Crippen LogP contribution in [0, 0.1) is 0 Å². The van der Waals surface area contributed by atoms with E-state index in [1.54, 1.807) is 0 Å². The molecule has 2 aliphatic rings. The molecule has 0 aromatic carbocycles. The number of piperidine rings is 1. The molecule has 3 nitrogen and oxygen atoms in total. The van der Waals surface area contributed by atoms with Crippen LogP contribution in [0.2, 0.25) is 0 Å². The monoisotopic (exact) mass is 295 g/mol. The average molecular weight is 296 g/mol. The molecule has 0 radical (unpaired) electrons. The maximum Gasteiger partial charge on any atom is 0.106 e. The summed E-state index contributed by atoms with van der Waals surface area (Å²) in [6.45, 7) is 0. The highest BCUT2D eigenvalue weighted by atomic mass is 79.9. The van der Waals surface area contributed by atoms with Crippen LogP contribution in [0.4, 0.5) is 5.69 Å². The first kappa shape index (κ1) is 11.5. The number of rotatable bonds is 2. The number of fused-ring (bicyclic) bond motifs is 2. The minimum atomic E-state index is 0.617. The summed E-state index contributed by atoms with van der Waals surface area (Å²) in [6.07, 6.45) is 7.19. The maximum absolute atomic E-state index is 4.26. The van der Waals surface area contributed by atoms with E-state index in [0.717, 1.165) is 22.4 Å². The van der Waals surface area contributed by atoms with Crippen LogP contribution in [0.25, 0.3) is 0 Å². The van der Waals surface area contributed by atoms with Crippen LogP contribution in [0.5, 0.6) is 0 Å². The Balaban J connectivity index is 1.65. The molecule has 2 atom stereocenters. The molecule has 1 N–H and O–H groups in total. The summed E-state index contributed by atoms with van der Waals surface area (Å²) in [6, 6.07) is 6.28. The Labute approximate surface area is 111 Å². The maximum atomic E-state index is 4.26. The number of nitrogens with one attached hydrogen (secondary N) is 1. The van der Waals surface area contributed by atoms with E-state index in [-0.39, 0.29) is 0 Å². The lowest BCUT2D eigenvalue weighted by Gasteiger charge is -2.37. The van der Waals surface area contributed by atoms with Crippen molar-refractivity contribution in [3.05, 3.63) is 22.9 Å². The topological polar surface area (TPSA) is 28.2 Å². The molecule has 2 fully saturated rings. The van der Waals surface area contributed by atoms with Gasteiger partial charge in [-0.2, -0.15) is 0 Å². The van der Waals surface area contributed by atoms with Crippen molar-refractivity contribution < 1.29 is 0 Å². The van der Waals surface area contributed by atoms with Gasteiger partial charge in [0.1, 0.15) is 4.60 Å². The minimum absolute atomic E-state index is 0.617. The van der Waals surface area contributed by atoms with Crippen LogP contribution in [-0.4, -0.2) is 35.1 Å². The van der Waals surface area contributed by atoms with Gasteiger partial charge in [-0.1, -0.05) is 0 Å². The number of halogens is 1. The van der Waals surface area contributed by atoms with E-state index >= 15 is 0 Å². The number of hydrogen-bond acceptors (Lipinski definition) is 3. The smallest absolute Gasteiger partial charge is 0.106 e. The van der Waals surface area contributed by atoms with Crippen molar-refractivity contribution in [2.45, 2.75) is 43.8 Å². The number of nitrogens with zero attached hydrogens (tertiary/aromatic N) is 2. The van der Waals surface area contributed by atoms with Crippen molar-refractivity contribution in [1.29, 1.82) is 0 Å². The Kier molecular flexibility index (Phi) is 3.09. The summed E-state index contributed by atoms with van der Waals surface area (Å²) < 4.78 is 0.895. The molecule has 4 heteroatoms. The summed E-state index contributed by atoms with van der Waals surface area (Å²) >= 11 is 3.36. The molecule has 2 unspecified atom stereocenters. The van der Waals surface area contributed by atoms with Gasteiger partial charge in [0.25, 0.3) is 0 Å². The fraction of sp³-hybridized carbons (Fsp3) is 0.615. The summed E-state index contributed by atoms with van der Waals surface area (Å²) in [5.41, 5.74) is 1.14. The Hall–Kier alpha value is -0.610. The van der Waals surface area contributed by atoms with E-state index in [0.29, 0.717) is 6.04 Å². The molecule has 17 heavy (non-hydrogen) atoms. The van der Waals surface area contributed by atoms with Gasteiger partial charge in [0.2, 0.25) is 0 Å². The third-order valence-corrected chi connectivity index (χ3v) is 4.67. The molecule has 0 saturated carbocycles. The van der Waals surface area contributed by atoms with Gasteiger partial charge >= 0.3 is 0 Å². The Morgan fingerprint density at radius 2 is 2.00 bits per heavy atom. The van der Waals surface area contributed by atoms with Crippen LogP contribution >= 0.6 is 15.9 Å². The van der Waals surface area contributed by atoms with Crippen molar-refractivity contribution in [2.24, 2.45) is 0 Å². The van der Waals surface area contributed by atoms with Gasteiger partial charge in [-0.3, -0.25) is 0 Å². The fourth-order valence-electron chi connectivity index (χ4n) is 3.23.